The quantitative estimate of drug-likeness (QED) is 0.548. The van der Waals surface area contributed by atoms with Crippen molar-refractivity contribution < 1.29 is 1.43 Å². The van der Waals surface area contributed by atoms with Crippen LogP contribution in [-0.4, -0.2) is 6.21 Å². The van der Waals surface area contributed by atoms with Gasteiger partial charge in [0.15, 0.2) is 0 Å². The summed E-state index contributed by atoms with van der Waals surface area (Å²) in [6.07, 6.45) is 1.29. The fourth-order valence-electron chi connectivity index (χ4n) is 1.08. The minimum Gasteiger partial charge on any atom is -0.398 e. The average Bonchev–Trinajstić information content (AvgIpc) is 2.21. The second-order valence-electron chi connectivity index (χ2n) is 3.19. The van der Waals surface area contributed by atoms with Gasteiger partial charge in [-0.05, 0) is 23.6 Å². The van der Waals surface area contributed by atoms with E-state index in [2.05, 4.69) is 13.8 Å². The number of nitrogens with two attached hydrogens (primary N) is 1. The molecule has 0 radical (unpaired) electrons. The summed E-state index contributed by atoms with van der Waals surface area (Å²) in [5.41, 5.74) is 8.36. The van der Waals surface area contributed by atoms with Crippen LogP contribution >= 0.6 is 0 Å². The van der Waals surface area contributed by atoms with Crippen LogP contribution in [0.3, 0.4) is 0 Å². The van der Waals surface area contributed by atoms with Gasteiger partial charge in [-0.2, -0.15) is 0 Å². The summed E-state index contributed by atoms with van der Waals surface area (Å²) >= 11 is 0. The monoisotopic (exact) mass is 194 g/mol. The van der Waals surface area contributed by atoms with Crippen molar-refractivity contribution in [1.82, 2.24) is 0 Å². The lowest BCUT2D eigenvalue weighted by atomic mass is 10.0. The van der Waals surface area contributed by atoms with Crippen LogP contribution in [0, 0.1) is 5.41 Å². The molecule has 0 amide bonds. The minimum atomic E-state index is 0. The van der Waals surface area contributed by atoms with Crippen molar-refractivity contribution in [1.29, 1.82) is 5.41 Å². The Labute approximate surface area is 88.1 Å². The third-order valence-electron chi connectivity index (χ3n) is 1.93. The van der Waals surface area contributed by atoms with E-state index in [0.29, 0.717) is 11.6 Å². The van der Waals surface area contributed by atoms with Crippen LogP contribution in [0.15, 0.2) is 18.2 Å². The SMILES string of the molecule is CC.CC(C)c1ccc(N)c(C=N)c1.[HH]. The van der Waals surface area contributed by atoms with Crippen molar-refractivity contribution >= 4 is 11.9 Å². The predicted octanol–water partition coefficient (Wildman–Crippen LogP) is 3.66. The molecule has 1 rings (SSSR count). The van der Waals surface area contributed by atoms with Gasteiger partial charge in [0.05, 0.1) is 0 Å². The highest BCUT2D eigenvalue weighted by Crippen LogP contribution is 2.18. The van der Waals surface area contributed by atoms with Gasteiger partial charge in [0, 0.05) is 18.9 Å². The van der Waals surface area contributed by atoms with Gasteiger partial charge in [-0.1, -0.05) is 33.8 Å². The van der Waals surface area contributed by atoms with E-state index < -0.39 is 0 Å². The van der Waals surface area contributed by atoms with Crippen LogP contribution in [-0.2, 0) is 0 Å². The lowest BCUT2D eigenvalue weighted by molar-refractivity contribution is 0.867. The molecule has 2 nitrogen and oxygen atoms in total. The molecule has 14 heavy (non-hydrogen) atoms. The molecule has 0 aliphatic carbocycles. The number of anilines is 1. The summed E-state index contributed by atoms with van der Waals surface area (Å²) in [6, 6.07) is 5.83. The zero-order valence-electron chi connectivity index (χ0n) is 9.46. The molecule has 0 saturated heterocycles. The molecule has 0 bridgehead atoms. The van der Waals surface area contributed by atoms with Crippen LogP contribution in [0.1, 0.15) is 46.2 Å². The molecule has 0 spiro atoms. The van der Waals surface area contributed by atoms with Gasteiger partial charge in [-0.15, -0.1) is 0 Å². The van der Waals surface area contributed by atoms with Gasteiger partial charge in [-0.25, -0.2) is 0 Å². The first-order valence-electron chi connectivity index (χ1n) is 5.05. The Kier molecular flexibility index (Phi) is 5.61. The number of nitrogen functional groups attached to an aromatic ring is 1. The van der Waals surface area contributed by atoms with E-state index in [1.807, 2.05) is 32.0 Å². The Balaban J connectivity index is 0. The topological polar surface area (TPSA) is 49.9 Å². The summed E-state index contributed by atoms with van der Waals surface area (Å²) in [4.78, 5) is 0. The number of hydrogen-bond acceptors (Lipinski definition) is 2. The Hall–Kier alpha value is -1.31. The van der Waals surface area contributed by atoms with Crippen LogP contribution in [0.2, 0.25) is 0 Å². The molecule has 0 heterocycles. The van der Waals surface area contributed by atoms with Gasteiger partial charge >= 0.3 is 0 Å². The maximum Gasteiger partial charge on any atom is 0.0403 e. The van der Waals surface area contributed by atoms with Gasteiger partial charge in [0.1, 0.15) is 0 Å². The molecule has 1 aromatic rings. The van der Waals surface area contributed by atoms with Crippen molar-refractivity contribution in [3.05, 3.63) is 29.3 Å². The van der Waals surface area contributed by atoms with Gasteiger partial charge in [0.25, 0.3) is 0 Å². The Morgan fingerprint density at radius 1 is 1.36 bits per heavy atom. The summed E-state index contributed by atoms with van der Waals surface area (Å²) < 4.78 is 0. The smallest absolute Gasteiger partial charge is 0.0403 e. The maximum atomic E-state index is 7.12. The lowest BCUT2D eigenvalue weighted by Crippen LogP contribution is -1.95. The largest absolute Gasteiger partial charge is 0.398 e. The van der Waals surface area contributed by atoms with Gasteiger partial charge in [-0.3, -0.25) is 0 Å². The van der Waals surface area contributed by atoms with E-state index >= 15 is 0 Å². The van der Waals surface area contributed by atoms with Crippen molar-refractivity contribution in [3.8, 4) is 0 Å². The molecule has 2 heteroatoms. The molecule has 0 saturated carbocycles. The Morgan fingerprint density at radius 2 is 1.93 bits per heavy atom. The fourth-order valence-corrected chi connectivity index (χ4v) is 1.08. The van der Waals surface area contributed by atoms with E-state index in [9.17, 15) is 0 Å². The molecule has 1 aromatic carbocycles. The molecule has 0 fully saturated rings. The van der Waals surface area contributed by atoms with Crippen LogP contribution in [0.4, 0.5) is 5.69 Å². The molecule has 0 aromatic heterocycles. The summed E-state index contributed by atoms with van der Waals surface area (Å²) in [6.45, 7) is 8.25. The van der Waals surface area contributed by atoms with E-state index in [0.717, 1.165) is 5.56 Å². The third-order valence-corrected chi connectivity index (χ3v) is 1.93. The average molecular weight is 194 g/mol. The zero-order valence-corrected chi connectivity index (χ0v) is 9.46. The normalized spacial score (nSPS) is 9.21. The number of benzene rings is 1. The molecule has 0 aliphatic heterocycles. The molecule has 0 unspecified atom stereocenters. The first kappa shape index (κ1) is 12.7. The summed E-state index contributed by atoms with van der Waals surface area (Å²) in [7, 11) is 0. The first-order chi connectivity index (χ1) is 6.65. The van der Waals surface area contributed by atoms with Gasteiger partial charge in [0.2, 0.25) is 0 Å². The zero-order chi connectivity index (χ0) is 11.1. The number of rotatable bonds is 2. The van der Waals surface area contributed by atoms with E-state index in [-0.39, 0.29) is 1.43 Å². The van der Waals surface area contributed by atoms with Crippen molar-refractivity contribution in [2.45, 2.75) is 33.6 Å². The first-order valence-corrected chi connectivity index (χ1v) is 5.05. The second-order valence-corrected chi connectivity index (χ2v) is 3.19. The highest BCUT2D eigenvalue weighted by molar-refractivity contribution is 5.85. The van der Waals surface area contributed by atoms with Crippen molar-refractivity contribution in [3.63, 3.8) is 0 Å². The van der Waals surface area contributed by atoms with Gasteiger partial charge < -0.3 is 11.1 Å². The molecular weight excluding hydrogens is 172 g/mol. The highest BCUT2D eigenvalue weighted by Gasteiger charge is 2.01. The third kappa shape index (κ3) is 3.21. The standard InChI is InChI=1S/C10H14N2.C2H6.H2/c1-7(2)8-3-4-10(12)9(5-8)6-11;1-2;/h3-7,11H,12H2,1-2H3;1-2H3;1H. The van der Waals surface area contributed by atoms with Crippen molar-refractivity contribution in [2.75, 3.05) is 5.73 Å². The Bertz CT molecular complexity index is 296. The molecule has 3 N–H and O–H groups in total. The lowest BCUT2D eigenvalue weighted by Gasteiger charge is -2.07. The Morgan fingerprint density at radius 3 is 2.36 bits per heavy atom. The number of nitrogens with one attached hydrogen (secondary N) is 1. The molecule has 0 aliphatic rings. The van der Waals surface area contributed by atoms with E-state index in [1.54, 1.807) is 0 Å². The molecular formula is C12H22N2. The summed E-state index contributed by atoms with van der Waals surface area (Å²) in [5, 5.41) is 7.12. The van der Waals surface area contributed by atoms with Crippen molar-refractivity contribution in [2.24, 2.45) is 0 Å². The van der Waals surface area contributed by atoms with Crippen LogP contribution in [0.25, 0.3) is 0 Å². The van der Waals surface area contributed by atoms with Crippen LogP contribution in [0.5, 0.6) is 0 Å². The highest BCUT2D eigenvalue weighted by atomic mass is 14.6. The number of hydrogen-bond donors (Lipinski definition) is 2. The predicted molar refractivity (Wildman–Crippen MR) is 66.3 cm³/mol. The maximum absolute atomic E-state index is 7.12. The molecule has 80 valence electrons. The van der Waals surface area contributed by atoms with E-state index in [1.165, 1.54) is 11.8 Å². The summed E-state index contributed by atoms with van der Waals surface area (Å²) in [5.74, 6) is 0.490. The second kappa shape index (κ2) is 6.19. The van der Waals surface area contributed by atoms with Crippen LogP contribution < -0.4 is 5.73 Å². The van der Waals surface area contributed by atoms with E-state index in [4.69, 9.17) is 11.1 Å². The minimum absolute atomic E-state index is 0. The fraction of sp³-hybridized carbons (Fsp3) is 0.417. The molecule has 0 atom stereocenters.